The Kier molecular flexibility index (Phi) is 4.42. The van der Waals surface area contributed by atoms with Crippen molar-refractivity contribution in [3.8, 4) is 0 Å². The first kappa shape index (κ1) is 13.1. The summed E-state index contributed by atoms with van der Waals surface area (Å²) in [5.41, 5.74) is 6.63. The topological polar surface area (TPSA) is 42.4 Å². The quantitative estimate of drug-likeness (QED) is 0.903. The van der Waals surface area contributed by atoms with Gasteiger partial charge in [-0.3, -0.25) is 4.90 Å². The Labute approximate surface area is 112 Å². The van der Waals surface area contributed by atoms with Crippen molar-refractivity contribution in [1.82, 2.24) is 4.90 Å². The Bertz CT molecular complexity index is 510. The number of rotatable bonds is 5. The molecule has 2 rings (SSSR count). The number of furan rings is 1. The van der Waals surface area contributed by atoms with Gasteiger partial charge in [0.2, 0.25) is 0 Å². The molecule has 0 radical (unpaired) electrons. The fourth-order valence-corrected chi connectivity index (χ4v) is 2.05. The van der Waals surface area contributed by atoms with Crippen molar-refractivity contribution in [1.29, 1.82) is 0 Å². The van der Waals surface area contributed by atoms with Crippen LogP contribution in [0.1, 0.15) is 17.1 Å². The lowest BCUT2D eigenvalue weighted by Gasteiger charge is -2.16. The van der Waals surface area contributed by atoms with Gasteiger partial charge in [-0.25, -0.2) is 0 Å². The maximum Gasteiger partial charge on any atom is 0.118 e. The van der Waals surface area contributed by atoms with Crippen LogP contribution < -0.4 is 5.73 Å². The molecule has 3 nitrogen and oxygen atoms in total. The van der Waals surface area contributed by atoms with Gasteiger partial charge >= 0.3 is 0 Å². The van der Waals surface area contributed by atoms with Crippen molar-refractivity contribution in [3.63, 3.8) is 0 Å². The molecule has 2 aromatic rings. The zero-order chi connectivity index (χ0) is 13.0. The highest BCUT2D eigenvalue weighted by atomic mass is 35.5. The average molecular weight is 265 g/mol. The smallest absolute Gasteiger partial charge is 0.118 e. The summed E-state index contributed by atoms with van der Waals surface area (Å²) >= 11 is 6.13. The van der Waals surface area contributed by atoms with Crippen LogP contribution in [0, 0.1) is 0 Å². The van der Waals surface area contributed by atoms with Crippen LogP contribution in [-0.2, 0) is 19.6 Å². The number of hydrogen-bond donors (Lipinski definition) is 1. The van der Waals surface area contributed by atoms with E-state index in [4.69, 9.17) is 21.8 Å². The summed E-state index contributed by atoms with van der Waals surface area (Å²) in [6.07, 6.45) is 0. The fraction of sp³-hybridized carbons (Fsp3) is 0.286. The van der Waals surface area contributed by atoms with Crippen LogP contribution in [0.3, 0.4) is 0 Å². The first-order valence-corrected chi connectivity index (χ1v) is 6.26. The minimum absolute atomic E-state index is 0.439. The zero-order valence-electron chi connectivity index (χ0n) is 10.4. The molecule has 0 amide bonds. The molecule has 0 unspecified atom stereocenters. The Morgan fingerprint density at radius 3 is 2.50 bits per heavy atom. The van der Waals surface area contributed by atoms with Gasteiger partial charge in [-0.15, -0.1) is 0 Å². The van der Waals surface area contributed by atoms with Crippen molar-refractivity contribution in [2.45, 2.75) is 19.6 Å². The Morgan fingerprint density at radius 2 is 1.83 bits per heavy atom. The summed E-state index contributed by atoms with van der Waals surface area (Å²) in [5.74, 6) is 1.74. The highest BCUT2D eigenvalue weighted by molar-refractivity contribution is 6.31. The second-order valence-electron chi connectivity index (χ2n) is 4.34. The normalized spacial score (nSPS) is 11.1. The van der Waals surface area contributed by atoms with Gasteiger partial charge in [-0.1, -0.05) is 29.8 Å². The summed E-state index contributed by atoms with van der Waals surface area (Å²) in [6.45, 7) is 1.97. The van der Waals surface area contributed by atoms with Crippen molar-refractivity contribution in [2.24, 2.45) is 5.73 Å². The number of halogens is 1. The number of hydrogen-bond acceptors (Lipinski definition) is 3. The van der Waals surface area contributed by atoms with Crippen LogP contribution in [0.5, 0.6) is 0 Å². The van der Waals surface area contributed by atoms with E-state index in [1.165, 1.54) is 0 Å². The first-order chi connectivity index (χ1) is 8.69. The molecule has 0 saturated heterocycles. The minimum atomic E-state index is 0.439. The van der Waals surface area contributed by atoms with Crippen LogP contribution in [0.15, 0.2) is 40.8 Å². The second-order valence-corrected chi connectivity index (χ2v) is 4.74. The molecular formula is C14H17ClN2O. The van der Waals surface area contributed by atoms with E-state index in [1.54, 1.807) is 0 Å². The van der Waals surface area contributed by atoms with Crippen molar-refractivity contribution in [2.75, 3.05) is 7.05 Å². The van der Waals surface area contributed by atoms with Gasteiger partial charge in [0.05, 0.1) is 13.1 Å². The summed E-state index contributed by atoms with van der Waals surface area (Å²) in [7, 11) is 2.04. The van der Waals surface area contributed by atoms with E-state index in [0.717, 1.165) is 35.2 Å². The number of nitrogens with two attached hydrogens (primary N) is 1. The monoisotopic (exact) mass is 264 g/mol. The van der Waals surface area contributed by atoms with Crippen LogP contribution in [-0.4, -0.2) is 11.9 Å². The minimum Gasteiger partial charge on any atom is -0.463 e. The van der Waals surface area contributed by atoms with Gasteiger partial charge in [-0.05, 0) is 30.8 Å². The van der Waals surface area contributed by atoms with Crippen molar-refractivity contribution >= 4 is 11.6 Å². The summed E-state index contributed by atoms with van der Waals surface area (Å²) in [4.78, 5) is 2.15. The summed E-state index contributed by atoms with van der Waals surface area (Å²) < 4.78 is 5.57. The first-order valence-electron chi connectivity index (χ1n) is 5.88. The number of benzene rings is 1. The van der Waals surface area contributed by atoms with Gasteiger partial charge in [0.15, 0.2) is 0 Å². The zero-order valence-corrected chi connectivity index (χ0v) is 11.2. The Morgan fingerprint density at radius 1 is 1.11 bits per heavy atom. The molecule has 0 aliphatic rings. The van der Waals surface area contributed by atoms with Crippen LogP contribution in [0.25, 0.3) is 0 Å². The highest BCUT2D eigenvalue weighted by Gasteiger charge is 2.07. The van der Waals surface area contributed by atoms with E-state index in [1.807, 2.05) is 43.4 Å². The lowest BCUT2D eigenvalue weighted by Crippen LogP contribution is -2.17. The van der Waals surface area contributed by atoms with E-state index >= 15 is 0 Å². The van der Waals surface area contributed by atoms with E-state index in [0.29, 0.717) is 6.54 Å². The molecule has 4 heteroatoms. The predicted molar refractivity (Wildman–Crippen MR) is 73.2 cm³/mol. The van der Waals surface area contributed by atoms with Crippen LogP contribution in [0.4, 0.5) is 0 Å². The SMILES string of the molecule is CN(Cc1ccc(CN)o1)Cc1ccccc1Cl. The predicted octanol–water partition coefficient (Wildman–Crippen LogP) is 3.02. The van der Waals surface area contributed by atoms with E-state index in [-0.39, 0.29) is 0 Å². The van der Waals surface area contributed by atoms with Crippen LogP contribution in [0.2, 0.25) is 5.02 Å². The Hall–Kier alpha value is -1.29. The maximum atomic E-state index is 6.13. The van der Waals surface area contributed by atoms with Gasteiger partial charge < -0.3 is 10.2 Å². The lowest BCUT2D eigenvalue weighted by atomic mass is 10.2. The molecule has 0 aliphatic carbocycles. The molecule has 2 N–H and O–H groups in total. The second kappa shape index (κ2) is 6.05. The van der Waals surface area contributed by atoms with Gasteiger partial charge in [0.25, 0.3) is 0 Å². The molecule has 0 atom stereocenters. The fourth-order valence-electron chi connectivity index (χ4n) is 1.86. The van der Waals surface area contributed by atoms with E-state index < -0.39 is 0 Å². The highest BCUT2D eigenvalue weighted by Crippen LogP contribution is 2.18. The third-order valence-corrected chi connectivity index (χ3v) is 3.11. The summed E-state index contributed by atoms with van der Waals surface area (Å²) in [5, 5.41) is 0.798. The van der Waals surface area contributed by atoms with E-state index in [2.05, 4.69) is 4.90 Å². The molecule has 1 aromatic carbocycles. The largest absolute Gasteiger partial charge is 0.463 e. The van der Waals surface area contributed by atoms with Crippen LogP contribution >= 0.6 is 11.6 Å². The molecule has 96 valence electrons. The lowest BCUT2D eigenvalue weighted by molar-refractivity contribution is 0.284. The van der Waals surface area contributed by atoms with Crippen molar-refractivity contribution in [3.05, 3.63) is 58.5 Å². The molecule has 1 heterocycles. The molecule has 0 aliphatic heterocycles. The molecular weight excluding hydrogens is 248 g/mol. The van der Waals surface area contributed by atoms with Gasteiger partial charge in [0.1, 0.15) is 11.5 Å². The molecule has 0 bridgehead atoms. The molecule has 0 saturated carbocycles. The molecule has 0 spiro atoms. The molecule has 0 fully saturated rings. The van der Waals surface area contributed by atoms with E-state index in [9.17, 15) is 0 Å². The third kappa shape index (κ3) is 3.35. The standard InChI is InChI=1S/C14H17ClN2O/c1-17(9-11-4-2-3-5-14(11)15)10-13-7-6-12(8-16)18-13/h2-7H,8-10,16H2,1H3. The molecule has 18 heavy (non-hydrogen) atoms. The summed E-state index contributed by atoms with van der Waals surface area (Å²) in [6, 6.07) is 11.8. The van der Waals surface area contributed by atoms with Gasteiger partial charge in [0, 0.05) is 11.6 Å². The maximum absolute atomic E-state index is 6.13. The Balaban J connectivity index is 1.96. The third-order valence-electron chi connectivity index (χ3n) is 2.74. The average Bonchev–Trinajstić information content (AvgIpc) is 2.80. The molecule has 1 aromatic heterocycles. The van der Waals surface area contributed by atoms with Crippen molar-refractivity contribution < 1.29 is 4.42 Å². The number of nitrogens with zero attached hydrogens (tertiary/aromatic N) is 1. The van der Waals surface area contributed by atoms with Gasteiger partial charge in [-0.2, -0.15) is 0 Å².